The Labute approximate surface area is 195 Å². The topological polar surface area (TPSA) is 124 Å². The van der Waals surface area contributed by atoms with Gasteiger partial charge in [-0.2, -0.15) is 10.5 Å². The zero-order valence-corrected chi connectivity index (χ0v) is 19.2. The highest BCUT2D eigenvalue weighted by molar-refractivity contribution is 5.15. The van der Waals surface area contributed by atoms with E-state index in [9.17, 15) is 20.4 Å². The molecule has 9 heteroatoms. The lowest BCUT2D eigenvalue weighted by atomic mass is 9.98. The van der Waals surface area contributed by atoms with E-state index in [1.54, 1.807) is 6.92 Å². The number of benzene rings is 2. The highest BCUT2D eigenvalue weighted by Crippen LogP contribution is 2.25. The molecule has 0 aromatic heterocycles. The molecule has 33 heavy (non-hydrogen) atoms. The van der Waals surface area contributed by atoms with E-state index in [2.05, 4.69) is 17.6 Å². The number of rotatable bonds is 10. The van der Waals surface area contributed by atoms with E-state index in [-0.39, 0.29) is 0 Å². The summed E-state index contributed by atoms with van der Waals surface area (Å²) in [6.07, 6.45) is -6.10. The normalized spacial score (nSPS) is 24.9. The molecule has 3 rings (SSSR count). The van der Waals surface area contributed by atoms with Crippen LogP contribution in [0, 0.1) is 0 Å². The molecule has 1 aliphatic heterocycles. The molecule has 1 fully saturated rings. The van der Waals surface area contributed by atoms with Gasteiger partial charge in [0.1, 0.15) is 24.4 Å². The highest BCUT2D eigenvalue weighted by Gasteiger charge is 2.46. The smallest absolute Gasteiger partial charge is 0.162 e. The Balaban J connectivity index is 0.000000294. The summed E-state index contributed by atoms with van der Waals surface area (Å²) in [6, 6.07) is 19.6. The van der Waals surface area contributed by atoms with Crippen LogP contribution >= 0.6 is 0 Å². The fourth-order valence-electron chi connectivity index (χ4n) is 3.29. The lowest BCUT2D eigenvalue weighted by Crippen LogP contribution is -2.63. The molecular formula is C24H36N2O7. The summed E-state index contributed by atoms with van der Waals surface area (Å²) in [4.78, 5) is 10.5. The first kappa shape index (κ1) is 27.3. The molecule has 2 aromatic carbocycles. The molecule has 184 valence electrons. The second kappa shape index (κ2) is 15.1. The molecule has 9 nitrogen and oxygen atoms in total. The third-order valence-electron chi connectivity index (χ3n) is 4.99. The third kappa shape index (κ3) is 8.74. The summed E-state index contributed by atoms with van der Waals surface area (Å²) >= 11 is 0. The van der Waals surface area contributed by atoms with E-state index in [0.717, 1.165) is 12.1 Å². The van der Waals surface area contributed by atoms with E-state index in [1.807, 2.05) is 55.5 Å². The van der Waals surface area contributed by atoms with Gasteiger partial charge in [0.15, 0.2) is 6.23 Å². The van der Waals surface area contributed by atoms with Gasteiger partial charge >= 0.3 is 0 Å². The monoisotopic (exact) mass is 464 g/mol. The van der Waals surface area contributed by atoms with Crippen molar-refractivity contribution < 1.29 is 34.8 Å². The maximum atomic E-state index is 10.2. The summed E-state index contributed by atoms with van der Waals surface area (Å²) in [5, 5.41) is 40.5. The number of ether oxygens (including phenoxy) is 1. The Morgan fingerprint density at radius 1 is 0.848 bits per heavy atom. The summed E-state index contributed by atoms with van der Waals surface area (Å²) in [5.74, 6) is 0. The highest BCUT2D eigenvalue weighted by atomic mass is 16.7. The van der Waals surface area contributed by atoms with Crippen LogP contribution in [0.1, 0.15) is 25.0 Å². The molecule has 5 N–H and O–H groups in total. The van der Waals surface area contributed by atoms with Crippen LogP contribution in [-0.2, 0) is 27.5 Å². The van der Waals surface area contributed by atoms with Crippen LogP contribution in [0.3, 0.4) is 0 Å². The van der Waals surface area contributed by atoms with Crippen molar-refractivity contribution in [2.75, 3.05) is 19.8 Å². The SMILES string of the molecule is CCON(Cc1ccccc1)[C@@H]1OC(CO)[C@@H](O)[C@H](O)C1O.CCONCc1ccccc1. The molecule has 0 amide bonds. The molecule has 0 saturated carbocycles. The maximum Gasteiger partial charge on any atom is 0.162 e. The van der Waals surface area contributed by atoms with Gasteiger partial charge in [0.2, 0.25) is 0 Å². The van der Waals surface area contributed by atoms with Gasteiger partial charge in [-0.05, 0) is 25.0 Å². The minimum Gasteiger partial charge on any atom is -0.394 e. The van der Waals surface area contributed by atoms with E-state index in [0.29, 0.717) is 19.8 Å². The molecule has 2 unspecified atom stereocenters. The zero-order chi connectivity index (χ0) is 24.1. The van der Waals surface area contributed by atoms with E-state index >= 15 is 0 Å². The average molecular weight is 465 g/mol. The van der Waals surface area contributed by atoms with Crippen LogP contribution in [0.4, 0.5) is 0 Å². The van der Waals surface area contributed by atoms with E-state index in [1.165, 1.54) is 10.6 Å². The first-order valence-electron chi connectivity index (χ1n) is 11.1. The number of aliphatic hydroxyl groups excluding tert-OH is 4. The largest absolute Gasteiger partial charge is 0.394 e. The van der Waals surface area contributed by atoms with Gasteiger partial charge in [0.25, 0.3) is 0 Å². The number of hydrogen-bond donors (Lipinski definition) is 5. The Morgan fingerprint density at radius 3 is 2.00 bits per heavy atom. The van der Waals surface area contributed by atoms with Gasteiger partial charge in [0.05, 0.1) is 26.4 Å². The van der Waals surface area contributed by atoms with E-state index in [4.69, 9.17) is 14.4 Å². The Hall–Kier alpha value is -1.92. The predicted octanol–water partition coefficient (Wildman–Crippen LogP) is 0.968. The molecule has 0 spiro atoms. The molecule has 0 radical (unpaired) electrons. The summed E-state index contributed by atoms with van der Waals surface area (Å²) in [5.41, 5.74) is 5.03. The van der Waals surface area contributed by atoms with Gasteiger partial charge < -0.3 is 30.0 Å². The first-order valence-corrected chi connectivity index (χ1v) is 11.1. The van der Waals surface area contributed by atoms with Crippen molar-refractivity contribution in [3.8, 4) is 0 Å². The van der Waals surface area contributed by atoms with Gasteiger partial charge in [-0.3, -0.25) is 4.84 Å². The van der Waals surface area contributed by atoms with Crippen molar-refractivity contribution in [2.45, 2.75) is 57.6 Å². The Morgan fingerprint density at radius 2 is 1.45 bits per heavy atom. The van der Waals surface area contributed by atoms with Crippen molar-refractivity contribution in [1.82, 2.24) is 10.5 Å². The lowest BCUT2D eigenvalue weighted by Gasteiger charge is -2.43. The van der Waals surface area contributed by atoms with Crippen molar-refractivity contribution in [2.24, 2.45) is 0 Å². The number of hydroxylamine groups is 3. The van der Waals surface area contributed by atoms with Crippen LogP contribution in [0.5, 0.6) is 0 Å². The third-order valence-corrected chi connectivity index (χ3v) is 4.99. The molecular weight excluding hydrogens is 428 g/mol. The number of nitrogens with zero attached hydrogens (tertiary/aromatic N) is 1. The van der Waals surface area contributed by atoms with Crippen molar-refractivity contribution in [3.05, 3.63) is 71.8 Å². The van der Waals surface area contributed by atoms with Crippen molar-refractivity contribution in [3.63, 3.8) is 0 Å². The van der Waals surface area contributed by atoms with Crippen LogP contribution in [-0.4, -0.2) is 76.0 Å². The molecule has 1 saturated heterocycles. The standard InChI is InChI=1S/C15H23NO6.C9H13NO/c1-2-21-16(8-10-6-4-3-5-7-10)15-14(20)13(19)12(18)11(9-17)22-15;1-2-11-10-8-9-6-4-3-5-7-9/h3-7,11-15,17-20H,2,8-9H2,1H3;3-7,10H,2,8H2,1H3/t11?,12-,13+,14?,15-;/m1./s1. The fourth-order valence-corrected chi connectivity index (χ4v) is 3.29. The van der Waals surface area contributed by atoms with Crippen molar-refractivity contribution in [1.29, 1.82) is 0 Å². The van der Waals surface area contributed by atoms with Crippen LogP contribution < -0.4 is 5.48 Å². The predicted molar refractivity (Wildman–Crippen MR) is 122 cm³/mol. The summed E-state index contributed by atoms with van der Waals surface area (Å²) in [7, 11) is 0. The van der Waals surface area contributed by atoms with Gasteiger partial charge in [-0.1, -0.05) is 60.7 Å². The second-order valence-corrected chi connectivity index (χ2v) is 7.44. The minimum atomic E-state index is -1.42. The lowest BCUT2D eigenvalue weighted by molar-refractivity contribution is -0.337. The molecule has 1 aliphatic rings. The molecule has 0 bridgehead atoms. The minimum absolute atomic E-state index is 0.331. The van der Waals surface area contributed by atoms with Crippen LogP contribution in [0.15, 0.2) is 60.7 Å². The zero-order valence-electron chi connectivity index (χ0n) is 19.2. The van der Waals surface area contributed by atoms with Gasteiger partial charge in [-0.15, -0.1) is 0 Å². The number of hydrogen-bond acceptors (Lipinski definition) is 9. The molecule has 1 heterocycles. The van der Waals surface area contributed by atoms with Crippen molar-refractivity contribution >= 4 is 0 Å². The van der Waals surface area contributed by atoms with E-state index < -0.39 is 37.3 Å². The van der Waals surface area contributed by atoms with Gasteiger partial charge in [-0.25, -0.2) is 0 Å². The fraction of sp³-hybridized carbons (Fsp3) is 0.500. The number of nitrogens with one attached hydrogen (secondary N) is 1. The second-order valence-electron chi connectivity index (χ2n) is 7.44. The van der Waals surface area contributed by atoms with Crippen LogP contribution in [0.2, 0.25) is 0 Å². The maximum absolute atomic E-state index is 10.2. The first-order chi connectivity index (χ1) is 16.0. The Kier molecular flexibility index (Phi) is 12.5. The molecule has 5 atom stereocenters. The Bertz CT molecular complexity index is 751. The summed E-state index contributed by atoms with van der Waals surface area (Å²) in [6.45, 7) is 5.44. The average Bonchev–Trinajstić information content (AvgIpc) is 2.85. The summed E-state index contributed by atoms with van der Waals surface area (Å²) < 4.78 is 5.51. The molecule has 2 aromatic rings. The van der Waals surface area contributed by atoms with Crippen LogP contribution in [0.25, 0.3) is 0 Å². The van der Waals surface area contributed by atoms with Gasteiger partial charge in [0, 0.05) is 6.54 Å². The quantitative estimate of drug-likeness (QED) is 0.258. The molecule has 0 aliphatic carbocycles. The number of aliphatic hydroxyl groups is 4.